The zero-order valence-corrected chi connectivity index (χ0v) is 12.9. The van der Waals surface area contributed by atoms with Crippen LogP contribution in [0.5, 0.6) is 5.75 Å². The Bertz CT molecular complexity index is 587. The van der Waals surface area contributed by atoms with Crippen molar-refractivity contribution in [1.82, 2.24) is 0 Å². The van der Waals surface area contributed by atoms with E-state index in [-0.39, 0.29) is 6.61 Å². The Hall–Kier alpha value is -1.71. The van der Waals surface area contributed by atoms with Crippen LogP contribution in [0.4, 0.5) is 5.69 Å². The van der Waals surface area contributed by atoms with Gasteiger partial charge in [0.05, 0.1) is 7.11 Å². The van der Waals surface area contributed by atoms with Crippen molar-refractivity contribution in [3.8, 4) is 5.75 Å². The number of rotatable bonds is 7. The van der Waals surface area contributed by atoms with Gasteiger partial charge in [-0.3, -0.25) is 0 Å². The summed E-state index contributed by atoms with van der Waals surface area (Å²) < 4.78 is 5.34. The van der Waals surface area contributed by atoms with Gasteiger partial charge in [-0.05, 0) is 42.7 Å². The molecule has 21 heavy (non-hydrogen) atoms. The molecule has 0 atom stereocenters. The summed E-state index contributed by atoms with van der Waals surface area (Å²) in [5, 5.41) is 13.0. The van der Waals surface area contributed by atoms with Crippen molar-refractivity contribution in [2.45, 2.75) is 19.4 Å². The normalized spacial score (nSPS) is 10.4. The highest BCUT2D eigenvalue weighted by molar-refractivity contribution is 6.31. The maximum atomic E-state index is 8.89. The Balaban J connectivity index is 2.06. The Morgan fingerprint density at radius 2 is 2.00 bits per heavy atom. The molecule has 0 amide bonds. The zero-order valence-electron chi connectivity index (χ0n) is 12.1. The number of aryl methyl sites for hydroxylation is 1. The summed E-state index contributed by atoms with van der Waals surface area (Å²) in [5.41, 5.74) is 3.19. The Labute approximate surface area is 130 Å². The van der Waals surface area contributed by atoms with Gasteiger partial charge >= 0.3 is 0 Å². The van der Waals surface area contributed by atoms with Crippen molar-refractivity contribution in [1.29, 1.82) is 0 Å². The van der Waals surface area contributed by atoms with Crippen LogP contribution in [-0.2, 0) is 13.0 Å². The highest BCUT2D eigenvalue weighted by atomic mass is 35.5. The minimum atomic E-state index is 0.217. The molecule has 0 bridgehead atoms. The lowest BCUT2D eigenvalue weighted by Gasteiger charge is -2.13. The number of hydrogen-bond donors (Lipinski definition) is 2. The molecule has 0 aliphatic carbocycles. The highest BCUT2D eigenvalue weighted by Crippen LogP contribution is 2.27. The number of halogens is 1. The predicted octanol–water partition coefficient (Wildman–Crippen LogP) is 3.89. The van der Waals surface area contributed by atoms with E-state index < -0.39 is 0 Å². The molecular formula is C17H20ClNO2. The quantitative estimate of drug-likeness (QED) is 0.815. The molecule has 0 unspecified atom stereocenters. The largest absolute Gasteiger partial charge is 0.496 e. The number of ether oxygens (including phenoxy) is 1. The molecule has 0 spiro atoms. The molecule has 0 aliphatic rings. The number of benzene rings is 2. The zero-order chi connectivity index (χ0) is 15.1. The summed E-state index contributed by atoms with van der Waals surface area (Å²) in [6, 6.07) is 13.8. The van der Waals surface area contributed by atoms with Crippen molar-refractivity contribution >= 4 is 17.3 Å². The second kappa shape index (κ2) is 7.91. The van der Waals surface area contributed by atoms with Gasteiger partial charge in [0.25, 0.3) is 0 Å². The third-order valence-corrected chi connectivity index (χ3v) is 3.67. The Morgan fingerprint density at radius 3 is 2.76 bits per heavy atom. The van der Waals surface area contributed by atoms with Crippen molar-refractivity contribution < 1.29 is 9.84 Å². The maximum Gasteiger partial charge on any atom is 0.125 e. The van der Waals surface area contributed by atoms with Gasteiger partial charge in [-0.25, -0.2) is 0 Å². The molecule has 0 aliphatic heterocycles. The van der Waals surface area contributed by atoms with Crippen molar-refractivity contribution in [3.05, 3.63) is 58.6 Å². The second-order valence-corrected chi connectivity index (χ2v) is 5.21. The first-order valence-electron chi connectivity index (χ1n) is 6.99. The third kappa shape index (κ3) is 4.38. The smallest absolute Gasteiger partial charge is 0.125 e. The molecule has 3 nitrogen and oxygen atoms in total. The monoisotopic (exact) mass is 305 g/mol. The van der Waals surface area contributed by atoms with Gasteiger partial charge < -0.3 is 15.2 Å². The number of aliphatic hydroxyl groups is 1. The molecule has 2 N–H and O–H groups in total. The molecule has 0 aromatic heterocycles. The van der Waals surface area contributed by atoms with Gasteiger partial charge in [0.1, 0.15) is 5.75 Å². The molecule has 0 radical (unpaired) electrons. The average Bonchev–Trinajstić information content (AvgIpc) is 2.52. The number of nitrogens with one attached hydrogen (secondary N) is 1. The molecule has 0 saturated heterocycles. The first-order chi connectivity index (χ1) is 10.2. The summed E-state index contributed by atoms with van der Waals surface area (Å²) in [7, 11) is 1.64. The van der Waals surface area contributed by atoms with Crippen LogP contribution in [-0.4, -0.2) is 18.8 Å². The summed E-state index contributed by atoms with van der Waals surface area (Å²) in [4.78, 5) is 0. The van der Waals surface area contributed by atoms with E-state index in [0.717, 1.165) is 29.8 Å². The molecule has 0 fully saturated rings. The average molecular weight is 306 g/mol. The third-order valence-electron chi connectivity index (χ3n) is 3.32. The fraction of sp³-hybridized carbons (Fsp3) is 0.294. The van der Waals surface area contributed by atoms with E-state index in [1.165, 1.54) is 5.56 Å². The Kier molecular flexibility index (Phi) is 5.90. The van der Waals surface area contributed by atoms with Crippen molar-refractivity contribution in [2.75, 3.05) is 19.0 Å². The van der Waals surface area contributed by atoms with E-state index in [2.05, 4.69) is 17.4 Å². The lowest BCUT2D eigenvalue weighted by molar-refractivity contribution is 0.288. The van der Waals surface area contributed by atoms with Crippen LogP contribution in [0.1, 0.15) is 17.5 Å². The predicted molar refractivity (Wildman–Crippen MR) is 87.2 cm³/mol. The van der Waals surface area contributed by atoms with Gasteiger partial charge in [0.2, 0.25) is 0 Å². The lowest BCUT2D eigenvalue weighted by Crippen LogP contribution is -2.03. The van der Waals surface area contributed by atoms with Crippen LogP contribution in [0.15, 0.2) is 42.5 Å². The Morgan fingerprint density at radius 1 is 1.19 bits per heavy atom. The van der Waals surface area contributed by atoms with E-state index in [1.54, 1.807) is 7.11 Å². The van der Waals surface area contributed by atoms with Crippen LogP contribution >= 0.6 is 11.6 Å². The standard InChI is InChI=1S/C17H20ClNO2/c1-21-17-9-3-8-16(18)15(17)12-19-14-7-2-5-13(11-14)6-4-10-20/h2-3,5,7-9,11,19-20H,4,6,10,12H2,1H3. The molecule has 4 heteroatoms. The van der Waals surface area contributed by atoms with E-state index in [9.17, 15) is 0 Å². The number of aliphatic hydroxyl groups excluding tert-OH is 1. The van der Waals surface area contributed by atoms with Crippen LogP contribution in [0.25, 0.3) is 0 Å². The second-order valence-electron chi connectivity index (χ2n) is 4.80. The first-order valence-corrected chi connectivity index (χ1v) is 7.37. The van der Waals surface area contributed by atoms with E-state index >= 15 is 0 Å². The number of anilines is 1. The minimum absolute atomic E-state index is 0.217. The molecule has 0 saturated carbocycles. The van der Waals surface area contributed by atoms with Gasteiger partial charge in [0, 0.05) is 29.4 Å². The molecule has 2 aromatic rings. The van der Waals surface area contributed by atoms with E-state index in [1.807, 2.05) is 30.3 Å². The summed E-state index contributed by atoms with van der Waals surface area (Å²) in [6.45, 7) is 0.820. The maximum absolute atomic E-state index is 8.89. The van der Waals surface area contributed by atoms with E-state index in [0.29, 0.717) is 11.6 Å². The molecule has 0 heterocycles. The molecule has 2 aromatic carbocycles. The summed E-state index contributed by atoms with van der Waals surface area (Å²) in [6.07, 6.45) is 1.66. The van der Waals surface area contributed by atoms with Gasteiger partial charge in [-0.2, -0.15) is 0 Å². The van der Waals surface area contributed by atoms with Crippen LogP contribution in [0.3, 0.4) is 0 Å². The molecule has 2 rings (SSSR count). The lowest BCUT2D eigenvalue weighted by atomic mass is 10.1. The fourth-order valence-electron chi connectivity index (χ4n) is 2.21. The number of methoxy groups -OCH3 is 1. The van der Waals surface area contributed by atoms with Crippen molar-refractivity contribution in [2.24, 2.45) is 0 Å². The molecular weight excluding hydrogens is 286 g/mol. The van der Waals surface area contributed by atoms with E-state index in [4.69, 9.17) is 21.4 Å². The highest BCUT2D eigenvalue weighted by Gasteiger charge is 2.07. The summed E-state index contributed by atoms with van der Waals surface area (Å²) in [5.74, 6) is 0.784. The topological polar surface area (TPSA) is 41.5 Å². The van der Waals surface area contributed by atoms with Crippen molar-refractivity contribution in [3.63, 3.8) is 0 Å². The first kappa shape index (κ1) is 15.7. The van der Waals surface area contributed by atoms with Gasteiger partial charge in [0.15, 0.2) is 0 Å². The number of hydrogen-bond acceptors (Lipinski definition) is 3. The fourth-order valence-corrected chi connectivity index (χ4v) is 2.44. The minimum Gasteiger partial charge on any atom is -0.496 e. The molecule has 112 valence electrons. The van der Waals surface area contributed by atoms with Crippen LogP contribution in [0.2, 0.25) is 5.02 Å². The van der Waals surface area contributed by atoms with Crippen LogP contribution < -0.4 is 10.1 Å². The van der Waals surface area contributed by atoms with Crippen LogP contribution in [0, 0.1) is 0 Å². The SMILES string of the molecule is COc1cccc(Cl)c1CNc1cccc(CCCO)c1. The van der Waals surface area contributed by atoms with Gasteiger partial charge in [-0.15, -0.1) is 0 Å². The van der Waals surface area contributed by atoms with Gasteiger partial charge in [-0.1, -0.05) is 29.8 Å². The summed E-state index contributed by atoms with van der Waals surface area (Å²) >= 11 is 6.23.